The van der Waals surface area contributed by atoms with Gasteiger partial charge in [-0.3, -0.25) is 0 Å². The summed E-state index contributed by atoms with van der Waals surface area (Å²) < 4.78 is 5.13. The Balaban J connectivity index is 2.71. The van der Waals surface area contributed by atoms with E-state index in [-0.39, 0.29) is 0 Å². The van der Waals surface area contributed by atoms with Gasteiger partial charge >= 0.3 is 0 Å². The van der Waals surface area contributed by atoms with E-state index in [1.807, 2.05) is 6.07 Å². The average molecular weight is 159 g/mol. The van der Waals surface area contributed by atoms with Gasteiger partial charge in [0.1, 0.15) is 5.52 Å². The van der Waals surface area contributed by atoms with Gasteiger partial charge in [0.15, 0.2) is 0 Å². The lowest BCUT2D eigenvalue weighted by atomic mass is 10.3. The summed E-state index contributed by atoms with van der Waals surface area (Å²) in [5, 5.41) is 0.953. The molecule has 0 saturated heterocycles. The molecule has 0 amide bonds. The molecule has 3 aromatic heterocycles. The molecule has 0 atom stereocenters. The van der Waals surface area contributed by atoms with Crippen LogP contribution in [0.25, 0.3) is 22.1 Å². The average Bonchev–Trinajstić information content (AvgIpc) is 2.71. The van der Waals surface area contributed by atoms with Gasteiger partial charge in [-0.1, -0.05) is 0 Å². The molecule has 12 heavy (non-hydrogen) atoms. The molecule has 3 aromatic rings. The Morgan fingerprint density at radius 1 is 1.33 bits per heavy atom. The first-order valence-electron chi connectivity index (χ1n) is 3.60. The number of aromatic amines is 1. The molecular formula is C8H5N3O. The Kier molecular flexibility index (Phi) is 0.889. The molecule has 4 nitrogen and oxygen atoms in total. The summed E-state index contributed by atoms with van der Waals surface area (Å²) in [5.74, 6) is 0. The van der Waals surface area contributed by atoms with Gasteiger partial charge in [0.05, 0.1) is 29.7 Å². The van der Waals surface area contributed by atoms with Gasteiger partial charge in [-0.05, 0) is 6.07 Å². The molecule has 1 N–H and O–H groups in total. The third-order valence-electron chi connectivity index (χ3n) is 1.88. The van der Waals surface area contributed by atoms with Crippen LogP contribution < -0.4 is 0 Å². The Morgan fingerprint density at radius 3 is 3.33 bits per heavy atom. The van der Waals surface area contributed by atoms with Gasteiger partial charge in [-0.25, -0.2) is 9.97 Å². The van der Waals surface area contributed by atoms with Gasteiger partial charge in [-0.2, -0.15) is 0 Å². The zero-order chi connectivity index (χ0) is 7.97. The van der Waals surface area contributed by atoms with E-state index in [0.717, 1.165) is 16.4 Å². The molecular weight excluding hydrogens is 154 g/mol. The summed E-state index contributed by atoms with van der Waals surface area (Å²) in [7, 11) is 0. The highest BCUT2D eigenvalue weighted by Gasteiger charge is 2.04. The van der Waals surface area contributed by atoms with E-state index in [1.54, 1.807) is 18.8 Å². The predicted octanol–water partition coefficient (Wildman–Crippen LogP) is 1.70. The molecule has 0 unspecified atom stereocenters. The summed E-state index contributed by atoms with van der Waals surface area (Å²) >= 11 is 0. The van der Waals surface area contributed by atoms with Gasteiger partial charge < -0.3 is 9.40 Å². The minimum Gasteiger partial charge on any atom is -0.446 e. The van der Waals surface area contributed by atoms with Crippen molar-refractivity contribution in [3.63, 3.8) is 0 Å². The smallest absolute Gasteiger partial charge is 0.228 e. The molecule has 0 bridgehead atoms. The fraction of sp³-hybridized carbons (Fsp3) is 0. The number of imidazole rings is 1. The highest BCUT2D eigenvalue weighted by molar-refractivity contribution is 5.99. The van der Waals surface area contributed by atoms with Gasteiger partial charge in [-0.15, -0.1) is 0 Å². The van der Waals surface area contributed by atoms with E-state index in [9.17, 15) is 0 Å². The molecule has 0 spiro atoms. The molecule has 58 valence electrons. The van der Waals surface area contributed by atoms with Crippen molar-refractivity contribution in [3.8, 4) is 0 Å². The number of nitrogens with one attached hydrogen (secondary N) is 1. The van der Waals surface area contributed by atoms with Gasteiger partial charge in [0.25, 0.3) is 0 Å². The number of rotatable bonds is 0. The molecule has 3 rings (SSSR count). The van der Waals surface area contributed by atoms with E-state index in [1.165, 1.54) is 0 Å². The Bertz CT molecular complexity index is 487. The van der Waals surface area contributed by atoms with Crippen molar-refractivity contribution in [2.45, 2.75) is 0 Å². The minimum atomic E-state index is 0.634. The van der Waals surface area contributed by atoms with Crippen molar-refractivity contribution >= 4 is 22.1 Å². The molecule has 0 aromatic carbocycles. The van der Waals surface area contributed by atoms with Crippen LogP contribution in [0.3, 0.4) is 0 Å². The molecule has 0 aliphatic rings. The van der Waals surface area contributed by atoms with Gasteiger partial charge in [0.2, 0.25) is 5.71 Å². The lowest BCUT2D eigenvalue weighted by Gasteiger charge is -1.87. The standard InChI is InChI=1S/C8H5N3O/c1-2-12-8-5(1)7-6(3-9-8)10-4-11-7/h1-4H,(H,10,11). The van der Waals surface area contributed by atoms with E-state index in [2.05, 4.69) is 15.0 Å². The molecule has 4 heteroatoms. The molecule has 0 aliphatic heterocycles. The number of hydrogen-bond acceptors (Lipinski definition) is 3. The lowest BCUT2D eigenvalue weighted by molar-refractivity contribution is 0.603. The first-order chi connectivity index (χ1) is 5.95. The molecule has 3 heterocycles. The number of fused-ring (bicyclic) bond motifs is 3. The zero-order valence-electron chi connectivity index (χ0n) is 6.11. The van der Waals surface area contributed by atoms with Crippen LogP contribution in [-0.4, -0.2) is 15.0 Å². The number of pyridine rings is 1. The van der Waals surface area contributed by atoms with Crippen LogP contribution in [0.15, 0.2) is 29.3 Å². The van der Waals surface area contributed by atoms with Crippen LogP contribution in [0.4, 0.5) is 0 Å². The van der Waals surface area contributed by atoms with Crippen LogP contribution in [0.1, 0.15) is 0 Å². The van der Waals surface area contributed by atoms with Crippen molar-refractivity contribution < 1.29 is 4.42 Å². The van der Waals surface area contributed by atoms with Crippen molar-refractivity contribution in [3.05, 3.63) is 24.9 Å². The van der Waals surface area contributed by atoms with Crippen molar-refractivity contribution in [1.82, 2.24) is 15.0 Å². The topological polar surface area (TPSA) is 54.7 Å². The maximum absolute atomic E-state index is 5.13. The van der Waals surface area contributed by atoms with Gasteiger partial charge in [0, 0.05) is 0 Å². The van der Waals surface area contributed by atoms with E-state index in [0.29, 0.717) is 5.71 Å². The highest BCUT2D eigenvalue weighted by Crippen LogP contribution is 2.20. The van der Waals surface area contributed by atoms with Crippen LogP contribution in [0.5, 0.6) is 0 Å². The maximum Gasteiger partial charge on any atom is 0.228 e. The number of H-pyrrole nitrogens is 1. The number of aromatic nitrogens is 3. The second-order valence-electron chi connectivity index (χ2n) is 2.56. The lowest BCUT2D eigenvalue weighted by Crippen LogP contribution is -1.74. The zero-order valence-corrected chi connectivity index (χ0v) is 6.11. The van der Waals surface area contributed by atoms with Crippen molar-refractivity contribution in [2.75, 3.05) is 0 Å². The highest BCUT2D eigenvalue weighted by atomic mass is 16.3. The van der Waals surface area contributed by atoms with Crippen molar-refractivity contribution in [1.29, 1.82) is 0 Å². The molecule has 0 fully saturated rings. The summed E-state index contributed by atoms with van der Waals surface area (Å²) in [6.07, 6.45) is 4.98. The third-order valence-corrected chi connectivity index (χ3v) is 1.88. The summed E-state index contributed by atoms with van der Waals surface area (Å²) in [6.45, 7) is 0. The number of hydrogen-bond donors (Lipinski definition) is 1. The Labute approximate surface area is 67.2 Å². The fourth-order valence-electron chi connectivity index (χ4n) is 1.32. The third kappa shape index (κ3) is 0.567. The normalized spacial score (nSPS) is 11.3. The molecule has 0 aliphatic carbocycles. The van der Waals surface area contributed by atoms with Crippen LogP contribution in [-0.2, 0) is 0 Å². The fourth-order valence-corrected chi connectivity index (χ4v) is 1.32. The molecule has 0 saturated carbocycles. The van der Waals surface area contributed by atoms with Crippen LogP contribution in [0.2, 0.25) is 0 Å². The predicted molar refractivity (Wildman–Crippen MR) is 43.7 cm³/mol. The van der Waals surface area contributed by atoms with Crippen LogP contribution >= 0.6 is 0 Å². The van der Waals surface area contributed by atoms with E-state index >= 15 is 0 Å². The minimum absolute atomic E-state index is 0.634. The van der Waals surface area contributed by atoms with E-state index < -0.39 is 0 Å². The Morgan fingerprint density at radius 2 is 2.33 bits per heavy atom. The second kappa shape index (κ2) is 1.85. The quantitative estimate of drug-likeness (QED) is 0.543. The van der Waals surface area contributed by atoms with E-state index in [4.69, 9.17) is 4.42 Å². The monoisotopic (exact) mass is 159 g/mol. The first kappa shape index (κ1) is 5.77. The van der Waals surface area contributed by atoms with Crippen molar-refractivity contribution in [2.24, 2.45) is 0 Å². The van der Waals surface area contributed by atoms with Crippen LogP contribution in [0, 0.1) is 0 Å². The first-order valence-corrected chi connectivity index (χ1v) is 3.60. The summed E-state index contributed by atoms with van der Waals surface area (Å²) in [4.78, 5) is 11.3. The number of nitrogens with zero attached hydrogens (tertiary/aromatic N) is 2. The Hall–Kier alpha value is -1.84. The summed E-state index contributed by atoms with van der Waals surface area (Å²) in [6, 6.07) is 1.87. The number of furan rings is 1. The second-order valence-corrected chi connectivity index (χ2v) is 2.56. The molecule has 0 radical (unpaired) electrons. The largest absolute Gasteiger partial charge is 0.446 e. The maximum atomic E-state index is 5.13. The summed E-state index contributed by atoms with van der Waals surface area (Å²) in [5.41, 5.74) is 2.48. The SMILES string of the molecule is c1nc2c(cnc3occc32)[nH]1.